The van der Waals surface area contributed by atoms with Gasteiger partial charge in [-0.25, -0.2) is 4.98 Å². The third kappa shape index (κ3) is 4.03. The maximum atomic E-state index is 5.62. The predicted molar refractivity (Wildman–Crippen MR) is 82.3 cm³/mol. The Morgan fingerprint density at radius 1 is 1.25 bits per heavy atom. The second kappa shape index (κ2) is 7.00. The first-order valence-electron chi connectivity index (χ1n) is 6.56. The van der Waals surface area contributed by atoms with Crippen LogP contribution in [0, 0.1) is 6.92 Å². The molecular formula is C14H18N4OS. The minimum atomic E-state index is 0.510. The first-order valence-corrected chi connectivity index (χ1v) is 7.38. The molecule has 20 heavy (non-hydrogen) atoms. The molecule has 0 aliphatic heterocycles. The summed E-state index contributed by atoms with van der Waals surface area (Å²) in [6.45, 7) is 4.75. The minimum absolute atomic E-state index is 0.510. The summed E-state index contributed by atoms with van der Waals surface area (Å²) in [5.74, 6) is 0.857. The van der Waals surface area contributed by atoms with E-state index in [0.29, 0.717) is 5.13 Å². The SMILES string of the molecule is CCCCOc1ccc(/N=N/c2sc(N)nc2C)cc1. The van der Waals surface area contributed by atoms with E-state index >= 15 is 0 Å². The monoisotopic (exact) mass is 290 g/mol. The molecule has 2 aromatic rings. The van der Waals surface area contributed by atoms with Crippen molar-refractivity contribution in [1.29, 1.82) is 0 Å². The summed E-state index contributed by atoms with van der Waals surface area (Å²) in [6.07, 6.45) is 2.19. The fourth-order valence-corrected chi connectivity index (χ4v) is 2.20. The van der Waals surface area contributed by atoms with Crippen molar-refractivity contribution < 1.29 is 4.74 Å². The Morgan fingerprint density at radius 2 is 2.00 bits per heavy atom. The maximum absolute atomic E-state index is 5.62. The van der Waals surface area contributed by atoms with Crippen LogP contribution >= 0.6 is 11.3 Å². The summed E-state index contributed by atoms with van der Waals surface area (Å²) in [5, 5.41) is 9.59. The first-order chi connectivity index (χ1) is 9.69. The number of aromatic nitrogens is 1. The van der Waals surface area contributed by atoms with E-state index in [1.807, 2.05) is 31.2 Å². The highest BCUT2D eigenvalue weighted by atomic mass is 32.1. The number of ether oxygens (including phenoxy) is 1. The van der Waals surface area contributed by atoms with Gasteiger partial charge < -0.3 is 10.5 Å². The van der Waals surface area contributed by atoms with E-state index in [2.05, 4.69) is 22.1 Å². The van der Waals surface area contributed by atoms with Crippen LogP contribution in [0.15, 0.2) is 34.5 Å². The van der Waals surface area contributed by atoms with Crippen LogP contribution in [-0.2, 0) is 0 Å². The largest absolute Gasteiger partial charge is 0.494 e. The van der Waals surface area contributed by atoms with Crippen LogP contribution in [0.1, 0.15) is 25.5 Å². The topological polar surface area (TPSA) is 72.9 Å². The van der Waals surface area contributed by atoms with Gasteiger partial charge in [-0.05, 0) is 37.6 Å². The number of nitrogen functional groups attached to an aromatic ring is 1. The molecule has 0 unspecified atom stereocenters. The summed E-state index contributed by atoms with van der Waals surface area (Å²) in [7, 11) is 0. The molecule has 0 fully saturated rings. The molecule has 0 radical (unpaired) electrons. The van der Waals surface area contributed by atoms with Gasteiger partial charge in [-0.15, -0.1) is 10.2 Å². The molecule has 0 spiro atoms. The lowest BCUT2D eigenvalue weighted by Gasteiger charge is -2.04. The Labute approximate surface area is 122 Å². The van der Waals surface area contributed by atoms with E-state index in [1.54, 1.807) is 0 Å². The Kier molecular flexibility index (Phi) is 5.06. The van der Waals surface area contributed by atoms with E-state index in [9.17, 15) is 0 Å². The molecule has 6 heteroatoms. The summed E-state index contributed by atoms with van der Waals surface area (Å²) in [4.78, 5) is 4.10. The van der Waals surface area contributed by atoms with Crippen molar-refractivity contribution in [2.75, 3.05) is 12.3 Å². The number of nitrogens with zero attached hydrogens (tertiary/aromatic N) is 3. The molecule has 0 bridgehead atoms. The highest BCUT2D eigenvalue weighted by molar-refractivity contribution is 7.19. The van der Waals surface area contributed by atoms with Crippen molar-refractivity contribution in [3.8, 4) is 5.75 Å². The zero-order chi connectivity index (χ0) is 14.4. The van der Waals surface area contributed by atoms with E-state index in [1.165, 1.54) is 11.3 Å². The molecule has 0 amide bonds. The van der Waals surface area contributed by atoms with Gasteiger partial charge in [0.05, 0.1) is 18.0 Å². The van der Waals surface area contributed by atoms with Crippen molar-refractivity contribution >= 4 is 27.2 Å². The Hall–Kier alpha value is -1.95. The van der Waals surface area contributed by atoms with Crippen molar-refractivity contribution in [1.82, 2.24) is 4.98 Å². The molecular weight excluding hydrogens is 272 g/mol. The number of unbranched alkanes of at least 4 members (excludes halogenated alkanes) is 1. The minimum Gasteiger partial charge on any atom is -0.494 e. The van der Waals surface area contributed by atoms with Crippen molar-refractivity contribution in [3.05, 3.63) is 30.0 Å². The zero-order valence-corrected chi connectivity index (χ0v) is 12.5. The molecule has 106 valence electrons. The van der Waals surface area contributed by atoms with Gasteiger partial charge in [0.2, 0.25) is 0 Å². The number of hydrogen-bond donors (Lipinski definition) is 1. The molecule has 2 rings (SSSR count). The van der Waals surface area contributed by atoms with Gasteiger partial charge in [-0.2, -0.15) is 0 Å². The van der Waals surface area contributed by atoms with Crippen molar-refractivity contribution in [2.24, 2.45) is 10.2 Å². The lowest BCUT2D eigenvalue weighted by Crippen LogP contribution is -1.95. The number of hydrogen-bond acceptors (Lipinski definition) is 6. The van der Waals surface area contributed by atoms with Gasteiger partial charge in [0.25, 0.3) is 0 Å². The molecule has 0 aliphatic rings. The van der Waals surface area contributed by atoms with Crippen LogP contribution in [0.2, 0.25) is 0 Å². The third-order valence-electron chi connectivity index (χ3n) is 2.65. The van der Waals surface area contributed by atoms with Gasteiger partial charge in [-0.1, -0.05) is 24.7 Å². The van der Waals surface area contributed by atoms with E-state index in [-0.39, 0.29) is 0 Å². The Balaban J connectivity index is 1.98. The van der Waals surface area contributed by atoms with Gasteiger partial charge in [0.1, 0.15) is 5.75 Å². The Morgan fingerprint density at radius 3 is 2.60 bits per heavy atom. The molecule has 1 aromatic heterocycles. The number of benzene rings is 1. The number of rotatable bonds is 6. The third-order valence-corrected chi connectivity index (χ3v) is 3.52. The average molecular weight is 290 g/mol. The second-order valence-corrected chi connectivity index (χ2v) is 5.35. The van der Waals surface area contributed by atoms with Crippen molar-refractivity contribution in [3.63, 3.8) is 0 Å². The predicted octanol–water partition coefficient (Wildman–Crippen LogP) is 4.63. The molecule has 0 saturated carbocycles. The highest BCUT2D eigenvalue weighted by Crippen LogP contribution is 2.30. The molecule has 2 N–H and O–H groups in total. The summed E-state index contributed by atoms with van der Waals surface area (Å²) in [6, 6.07) is 7.56. The zero-order valence-electron chi connectivity index (χ0n) is 11.7. The summed E-state index contributed by atoms with van der Waals surface area (Å²) >= 11 is 1.33. The average Bonchev–Trinajstić information content (AvgIpc) is 2.76. The maximum Gasteiger partial charge on any atom is 0.182 e. The number of anilines is 1. The summed E-state index contributed by atoms with van der Waals surface area (Å²) < 4.78 is 5.59. The highest BCUT2D eigenvalue weighted by Gasteiger charge is 2.03. The lowest BCUT2D eigenvalue weighted by molar-refractivity contribution is 0.309. The van der Waals surface area contributed by atoms with Crippen LogP contribution < -0.4 is 10.5 Å². The van der Waals surface area contributed by atoms with E-state index < -0.39 is 0 Å². The molecule has 0 atom stereocenters. The number of aryl methyl sites for hydroxylation is 1. The van der Waals surface area contributed by atoms with Gasteiger partial charge >= 0.3 is 0 Å². The fraction of sp³-hybridized carbons (Fsp3) is 0.357. The molecule has 0 aliphatic carbocycles. The standard InChI is InChI=1S/C14H18N4OS/c1-3-4-9-19-12-7-5-11(6-8-12)17-18-13-10(2)16-14(15)20-13/h5-8H,3-4,9H2,1-2H3,(H2,15,16)/b18-17+. The van der Waals surface area contributed by atoms with Gasteiger partial charge in [-0.3, -0.25) is 0 Å². The van der Waals surface area contributed by atoms with Crippen LogP contribution in [0.5, 0.6) is 5.75 Å². The van der Waals surface area contributed by atoms with E-state index in [0.717, 1.165) is 41.6 Å². The van der Waals surface area contributed by atoms with Crippen LogP contribution in [-0.4, -0.2) is 11.6 Å². The lowest BCUT2D eigenvalue weighted by atomic mass is 10.3. The van der Waals surface area contributed by atoms with Crippen LogP contribution in [0.3, 0.4) is 0 Å². The van der Waals surface area contributed by atoms with Gasteiger partial charge in [0, 0.05) is 0 Å². The smallest absolute Gasteiger partial charge is 0.182 e. The van der Waals surface area contributed by atoms with Crippen LogP contribution in [0.25, 0.3) is 0 Å². The molecule has 1 aromatic carbocycles. The quantitative estimate of drug-likeness (QED) is 0.622. The first kappa shape index (κ1) is 14.5. The summed E-state index contributed by atoms with van der Waals surface area (Å²) in [5.41, 5.74) is 7.19. The fourth-order valence-electron chi connectivity index (χ4n) is 1.55. The van der Waals surface area contributed by atoms with Crippen molar-refractivity contribution in [2.45, 2.75) is 26.7 Å². The normalized spacial score (nSPS) is 11.1. The number of azo groups is 1. The molecule has 0 saturated heterocycles. The van der Waals surface area contributed by atoms with Gasteiger partial charge in [0.15, 0.2) is 10.1 Å². The van der Waals surface area contributed by atoms with Crippen LogP contribution in [0.4, 0.5) is 15.8 Å². The molecule has 1 heterocycles. The molecule has 5 nitrogen and oxygen atoms in total. The number of nitrogens with two attached hydrogens (primary N) is 1. The Bertz CT molecular complexity index is 577. The van der Waals surface area contributed by atoms with E-state index in [4.69, 9.17) is 10.5 Å². The second-order valence-electron chi connectivity index (χ2n) is 4.34. The number of thiazole rings is 1.